The molecule has 2 aromatic heterocycles. The van der Waals surface area contributed by atoms with Gasteiger partial charge in [0.1, 0.15) is 5.75 Å². The van der Waals surface area contributed by atoms with Crippen LogP contribution in [-0.4, -0.2) is 39.7 Å². The number of aromatic nitrogens is 4. The van der Waals surface area contributed by atoms with Crippen molar-refractivity contribution in [1.82, 2.24) is 25.5 Å². The van der Waals surface area contributed by atoms with Crippen molar-refractivity contribution in [3.8, 4) is 5.75 Å². The number of hydrogen-bond acceptors (Lipinski definition) is 8. The molecule has 10 nitrogen and oxygen atoms in total. The topological polar surface area (TPSA) is 143 Å². The third kappa shape index (κ3) is 4.38. The quantitative estimate of drug-likeness (QED) is 0.316. The Bertz CT molecular complexity index is 1190. The number of nitrogens with zero attached hydrogens (tertiary/aromatic N) is 3. The van der Waals surface area contributed by atoms with Crippen LogP contribution >= 0.6 is 0 Å². The van der Waals surface area contributed by atoms with Crippen LogP contribution in [0.15, 0.2) is 54.9 Å². The second-order valence-corrected chi connectivity index (χ2v) is 6.41. The summed E-state index contributed by atoms with van der Waals surface area (Å²) < 4.78 is 5.45. The third-order valence-corrected chi connectivity index (χ3v) is 4.26. The van der Waals surface area contributed by atoms with Crippen molar-refractivity contribution in [1.29, 1.82) is 0 Å². The molecule has 4 rings (SSSR count). The summed E-state index contributed by atoms with van der Waals surface area (Å²) in [6.45, 7) is -0.0624. The second kappa shape index (κ2) is 8.35. The molecule has 4 aromatic rings. The first-order valence-electron chi connectivity index (χ1n) is 9.14. The molecule has 0 atom stereocenters. The van der Waals surface area contributed by atoms with Gasteiger partial charge in [-0.1, -0.05) is 6.07 Å². The molecule has 0 unspecified atom stereocenters. The first kappa shape index (κ1) is 19.0. The lowest BCUT2D eigenvalue weighted by Gasteiger charge is -2.12. The lowest BCUT2D eigenvalue weighted by atomic mass is 10.2. The molecule has 6 N–H and O–H groups in total. The van der Waals surface area contributed by atoms with E-state index in [1.807, 2.05) is 24.3 Å². The predicted octanol–water partition coefficient (Wildman–Crippen LogP) is 2.55. The molecule has 0 spiro atoms. The molecule has 0 radical (unpaired) electrons. The molecule has 2 heterocycles. The van der Waals surface area contributed by atoms with Crippen LogP contribution in [0.3, 0.4) is 0 Å². The lowest BCUT2D eigenvalue weighted by molar-refractivity contribution is -0.122. The van der Waals surface area contributed by atoms with Crippen molar-refractivity contribution in [3.63, 3.8) is 0 Å². The predicted molar refractivity (Wildman–Crippen MR) is 115 cm³/mol. The molecule has 0 fully saturated rings. The van der Waals surface area contributed by atoms with Crippen LogP contribution in [0.1, 0.15) is 0 Å². The van der Waals surface area contributed by atoms with Crippen LogP contribution in [0.25, 0.3) is 10.9 Å². The van der Waals surface area contributed by atoms with Crippen molar-refractivity contribution < 1.29 is 9.53 Å². The number of carbonyl (C=O) groups excluding carboxylic acids is 1. The summed E-state index contributed by atoms with van der Waals surface area (Å²) in [4.78, 5) is 20.0. The molecule has 0 saturated carbocycles. The van der Waals surface area contributed by atoms with Gasteiger partial charge in [0, 0.05) is 29.9 Å². The summed E-state index contributed by atoms with van der Waals surface area (Å²) in [5.41, 5.74) is 8.87. The van der Waals surface area contributed by atoms with Crippen molar-refractivity contribution in [2.75, 3.05) is 30.0 Å². The lowest BCUT2D eigenvalue weighted by Crippen LogP contribution is -2.24. The van der Waals surface area contributed by atoms with Gasteiger partial charge in [0.05, 0.1) is 23.6 Å². The van der Waals surface area contributed by atoms with Gasteiger partial charge in [-0.05, 0) is 30.3 Å². The number of aromatic amines is 1. The SMILES string of the molecule is CNC(=O)COc1cccc(Nc2ncc(N)c(Nc3ccc4cn[nH]c4c3)n2)c1. The number of ether oxygens (including phenoxy) is 1. The number of likely N-dealkylation sites (N-methyl/N-ethyl adjacent to an activating group) is 1. The van der Waals surface area contributed by atoms with Gasteiger partial charge in [0.2, 0.25) is 5.95 Å². The molecule has 0 aliphatic carbocycles. The highest BCUT2D eigenvalue weighted by molar-refractivity contribution is 5.83. The van der Waals surface area contributed by atoms with Gasteiger partial charge >= 0.3 is 0 Å². The van der Waals surface area contributed by atoms with Gasteiger partial charge in [0.25, 0.3) is 5.91 Å². The van der Waals surface area contributed by atoms with Gasteiger partial charge < -0.3 is 26.4 Å². The van der Waals surface area contributed by atoms with Crippen LogP contribution in [0, 0.1) is 0 Å². The largest absolute Gasteiger partial charge is 0.484 e. The summed E-state index contributed by atoms with van der Waals surface area (Å²) in [5.74, 6) is 1.17. The van der Waals surface area contributed by atoms with E-state index in [1.165, 1.54) is 6.20 Å². The van der Waals surface area contributed by atoms with Gasteiger partial charge in [-0.25, -0.2) is 4.98 Å². The van der Waals surface area contributed by atoms with Crippen molar-refractivity contribution in [2.24, 2.45) is 0 Å². The monoisotopic (exact) mass is 404 g/mol. The Balaban J connectivity index is 1.49. The van der Waals surface area contributed by atoms with E-state index in [0.717, 1.165) is 16.6 Å². The zero-order chi connectivity index (χ0) is 20.9. The molecule has 1 amide bonds. The number of rotatable bonds is 7. The number of nitrogens with one attached hydrogen (secondary N) is 4. The standard InChI is InChI=1S/C20H20N8O2/c1-22-18(29)11-30-15-4-2-3-13(7-15)26-20-23-10-16(21)19(27-20)25-14-6-5-12-9-24-28-17(12)8-14/h2-10H,11,21H2,1H3,(H,22,29)(H,24,28)(H2,23,25,26,27). The fourth-order valence-corrected chi connectivity index (χ4v) is 2.72. The van der Waals surface area contributed by atoms with Crippen molar-refractivity contribution in [3.05, 3.63) is 54.9 Å². The van der Waals surface area contributed by atoms with E-state index < -0.39 is 0 Å². The average Bonchev–Trinajstić information content (AvgIpc) is 3.22. The summed E-state index contributed by atoms with van der Waals surface area (Å²) in [7, 11) is 1.56. The highest BCUT2D eigenvalue weighted by Gasteiger charge is 2.08. The maximum atomic E-state index is 11.3. The first-order chi connectivity index (χ1) is 14.6. The van der Waals surface area contributed by atoms with E-state index in [1.54, 1.807) is 31.4 Å². The number of hydrogen-bond donors (Lipinski definition) is 5. The molecule has 10 heteroatoms. The van der Waals surface area contributed by atoms with E-state index in [-0.39, 0.29) is 12.5 Å². The molecule has 0 bridgehead atoms. The minimum absolute atomic E-state index is 0.0624. The van der Waals surface area contributed by atoms with E-state index in [4.69, 9.17) is 10.5 Å². The molecule has 2 aromatic carbocycles. The van der Waals surface area contributed by atoms with Crippen LogP contribution in [0.4, 0.5) is 28.8 Å². The van der Waals surface area contributed by atoms with Crippen LogP contribution in [0.2, 0.25) is 0 Å². The number of fused-ring (bicyclic) bond motifs is 1. The van der Waals surface area contributed by atoms with Crippen molar-refractivity contribution >= 4 is 45.6 Å². The number of benzene rings is 2. The Morgan fingerprint density at radius 3 is 2.87 bits per heavy atom. The van der Waals surface area contributed by atoms with Crippen molar-refractivity contribution in [2.45, 2.75) is 0 Å². The van der Waals surface area contributed by atoms with E-state index in [2.05, 4.69) is 36.1 Å². The molecular weight excluding hydrogens is 384 g/mol. The molecule has 0 aliphatic rings. The minimum Gasteiger partial charge on any atom is -0.484 e. The first-order valence-corrected chi connectivity index (χ1v) is 9.14. The number of carbonyl (C=O) groups is 1. The maximum Gasteiger partial charge on any atom is 0.257 e. The Hall–Kier alpha value is -4.34. The Labute approximate surface area is 171 Å². The summed E-state index contributed by atoms with van der Waals surface area (Å²) in [5, 5.41) is 16.8. The van der Waals surface area contributed by atoms with Gasteiger partial charge in [0.15, 0.2) is 12.4 Å². The van der Waals surface area contributed by atoms with E-state index in [9.17, 15) is 4.79 Å². The number of anilines is 5. The summed E-state index contributed by atoms with van der Waals surface area (Å²) in [6, 6.07) is 12.9. The fraction of sp³-hybridized carbons (Fsp3) is 0.100. The smallest absolute Gasteiger partial charge is 0.257 e. The molecule has 30 heavy (non-hydrogen) atoms. The van der Waals surface area contributed by atoms with Crippen LogP contribution in [0.5, 0.6) is 5.75 Å². The average molecular weight is 404 g/mol. The number of nitrogen functional groups attached to an aromatic ring is 1. The molecule has 0 saturated heterocycles. The van der Waals surface area contributed by atoms with E-state index >= 15 is 0 Å². The normalized spacial score (nSPS) is 10.6. The van der Waals surface area contributed by atoms with Gasteiger partial charge in [-0.3, -0.25) is 9.89 Å². The number of amides is 1. The summed E-state index contributed by atoms with van der Waals surface area (Å²) in [6.07, 6.45) is 3.28. The Morgan fingerprint density at radius 1 is 1.13 bits per heavy atom. The fourth-order valence-electron chi connectivity index (χ4n) is 2.72. The number of nitrogens with two attached hydrogens (primary N) is 1. The van der Waals surface area contributed by atoms with Gasteiger partial charge in [-0.15, -0.1) is 0 Å². The van der Waals surface area contributed by atoms with Crippen LogP contribution < -0.4 is 26.4 Å². The third-order valence-electron chi connectivity index (χ3n) is 4.26. The van der Waals surface area contributed by atoms with E-state index in [0.29, 0.717) is 28.9 Å². The Kier molecular flexibility index (Phi) is 5.29. The minimum atomic E-state index is -0.209. The highest BCUT2D eigenvalue weighted by atomic mass is 16.5. The van der Waals surface area contributed by atoms with Crippen LogP contribution in [-0.2, 0) is 4.79 Å². The maximum absolute atomic E-state index is 11.3. The highest BCUT2D eigenvalue weighted by Crippen LogP contribution is 2.25. The Morgan fingerprint density at radius 2 is 2.00 bits per heavy atom. The second-order valence-electron chi connectivity index (χ2n) is 6.41. The zero-order valence-electron chi connectivity index (χ0n) is 16.1. The molecule has 152 valence electrons. The van der Waals surface area contributed by atoms with Gasteiger partial charge in [-0.2, -0.15) is 10.1 Å². The molecular formula is C20H20N8O2. The molecule has 0 aliphatic heterocycles. The summed E-state index contributed by atoms with van der Waals surface area (Å²) >= 11 is 0. The number of H-pyrrole nitrogens is 1. The zero-order valence-corrected chi connectivity index (χ0v) is 16.1.